The number of hydrogen-bond donors (Lipinski definition) is 1. The Hall–Kier alpha value is -2.62. The van der Waals surface area contributed by atoms with Crippen LogP contribution in [0.5, 0.6) is 0 Å². The van der Waals surface area contributed by atoms with E-state index in [9.17, 15) is 4.79 Å². The fourth-order valence-corrected chi connectivity index (χ4v) is 2.68. The molecule has 1 N–H and O–H groups in total. The van der Waals surface area contributed by atoms with E-state index in [1.54, 1.807) is 4.68 Å². The fourth-order valence-electron chi connectivity index (χ4n) is 2.68. The largest absolute Gasteiger partial charge is 0.480 e. The van der Waals surface area contributed by atoms with E-state index in [4.69, 9.17) is 5.11 Å². The maximum Gasteiger partial charge on any atom is 0.325 e. The van der Waals surface area contributed by atoms with Crippen LogP contribution in [0.4, 0.5) is 0 Å². The van der Waals surface area contributed by atoms with Gasteiger partial charge in [0.25, 0.3) is 0 Å². The van der Waals surface area contributed by atoms with Gasteiger partial charge in [-0.3, -0.25) is 9.48 Å². The van der Waals surface area contributed by atoms with Gasteiger partial charge in [0, 0.05) is 5.39 Å². The molecule has 0 aliphatic carbocycles. The van der Waals surface area contributed by atoms with Crippen LogP contribution in [0.15, 0.2) is 42.5 Å². The van der Waals surface area contributed by atoms with Gasteiger partial charge in [-0.2, -0.15) is 5.10 Å². The van der Waals surface area contributed by atoms with Crippen molar-refractivity contribution in [2.75, 3.05) is 0 Å². The molecule has 0 fully saturated rings. The van der Waals surface area contributed by atoms with Gasteiger partial charge in [0.15, 0.2) is 0 Å². The predicted octanol–water partition coefficient (Wildman–Crippen LogP) is 3.66. The van der Waals surface area contributed by atoms with Crippen molar-refractivity contribution in [3.63, 3.8) is 0 Å². The first-order valence-electron chi connectivity index (χ1n) is 7.36. The van der Waals surface area contributed by atoms with Crippen molar-refractivity contribution in [2.24, 2.45) is 0 Å². The van der Waals surface area contributed by atoms with Crippen molar-refractivity contribution in [2.45, 2.75) is 26.8 Å². The van der Waals surface area contributed by atoms with Crippen LogP contribution in [0.2, 0.25) is 0 Å². The number of nitrogens with zero attached hydrogens (tertiary/aromatic N) is 2. The van der Waals surface area contributed by atoms with Crippen molar-refractivity contribution in [1.82, 2.24) is 9.78 Å². The molecule has 1 aromatic heterocycles. The van der Waals surface area contributed by atoms with E-state index in [-0.39, 0.29) is 6.54 Å². The number of hydrogen-bond acceptors (Lipinski definition) is 2. The van der Waals surface area contributed by atoms with Gasteiger partial charge in [-0.05, 0) is 30.5 Å². The third-order valence-corrected chi connectivity index (χ3v) is 3.83. The highest BCUT2D eigenvalue weighted by Gasteiger charge is 2.12. The molecule has 0 aliphatic heterocycles. The number of carboxylic acid groups (broad SMARTS) is 1. The van der Waals surface area contributed by atoms with Gasteiger partial charge in [-0.15, -0.1) is 0 Å². The highest BCUT2D eigenvalue weighted by Crippen LogP contribution is 2.27. The highest BCUT2D eigenvalue weighted by atomic mass is 16.4. The molecule has 0 amide bonds. The summed E-state index contributed by atoms with van der Waals surface area (Å²) in [7, 11) is 0. The second-order valence-corrected chi connectivity index (χ2v) is 5.45. The predicted molar refractivity (Wildman–Crippen MR) is 86.9 cm³/mol. The van der Waals surface area contributed by atoms with Gasteiger partial charge in [0.1, 0.15) is 6.54 Å². The summed E-state index contributed by atoms with van der Waals surface area (Å²) in [6.07, 6.45) is 0.785. The number of aromatic nitrogens is 2. The first kappa shape index (κ1) is 14.3. The van der Waals surface area contributed by atoms with Gasteiger partial charge in [0.05, 0.1) is 11.2 Å². The van der Waals surface area contributed by atoms with Crippen LogP contribution < -0.4 is 0 Å². The van der Waals surface area contributed by atoms with E-state index in [1.165, 1.54) is 5.56 Å². The third kappa shape index (κ3) is 2.60. The molecule has 112 valence electrons. The molecule has 1 heterocycles. The molecule has 22 heavy (non-hydrogen) atoms. The zero-order valence-corrected chi connectivity index (χ0v) is 12.7. The minimum atomic E-state index is -0.882. The van der Waals surface area contributed by atoms with E-state index < -0.39 is 5.97 Å². The summed E-state index contributed by atoms with van der Waals surface area (Å²) in [5, 5.41) is 14.5. The molecule has 0 radical (unpaired) electrons. The van der Waals surface area contributed by atoms with Gasteiger partial charge in [-0.25, -0.2) is 0 Å². The first-order valence-corrected chi connectivity index (χ1v) is 7.36. The van der Waals surface area contributed by atoms with Crippen molar-refractivity contribution >= 4 is 16.9 Å². The molecule has 0 saturated heterocycles. The summed E-state index contributed by atoms with van der Waals surface area (Å²) in [5.74, 6) is -0.882. The summed E-state index contributed by atoms with van der Waals surface area (Å²) in [6, 6.07) is 14.4. The molecule has 2 aromatic carbocycles. The van der Waals surface area contributed by atoms with Crippen LogP contribution in [0.25, 0.3) is 22.0 Å². The Bertz CT molecular complexity index is 832. The minimum Gasteiger partial charge on any atom is -0.480 e. The lowest BCUT2D eigenvalue weighted by molar-refractivity contribution is -0.137. The fraction of sp³-hybridized carbons (Fsp3) is 0.222. The Morgan fingerprint density at radius 1 is 1.14 bits per heavy atom. The Balaban J connectivity index is 2.15. The van der Waals surface area contributed by atoms with Crippen LogP contribution in [0.3, 0.4) is 0 Å². The second-order valence-electron chi connectivity index (χ2n) is 5.45. The molecule has 0 bridgehead atoms. The lowest BCUT2D eigenvalue weighted by atomic mass is 10.0. The second kappa shape index (κ2) is 5.64. The van der Waals surface area contributed by atoms with Crippen molar-refractivity contribution < 1.29 is 9.90 Å². The molecule has 0 unspecified atom stereocenters. The van der Waals surface area contributed by atoms with Crippen LogP contribution in [0.1, 0.15) is 18.2 Å². The quantitative estimate of drug-likeness (QED) is 0.799. The van der Waals surface area contributed by atoms with Crippen LogP contribution in [-0.2, 0) is 17.8 Å². The zero-order valence-electron chi connectivity index (χ0n) is 12.7. The number of aliphatic carboxylic acids is 1. The topological polar surface area (TPSA) is 55.1 Å². The van der Waals surface area contributed by atoms with Crippen molar-refractivity contribution in [3.05, 3.63) is 53.7 Å². The normalized spacial score (nSPS) is 11.0. The minimum absolute atomic E-state index is 0.117. The number of carboxylic acids is 1. The van der Waals surface area contributed by atoms with Crippen molar-refractivity contribution in [3.8, 4) is 11.1 Å². The number of aryl methyl sites for hydroxylation is 2. The van der Waals surface area contributed by atoms with E-state index in [0.29, 0.717) is 0 Å². The smallest absolute Gasteiger partial charge is 0.325 e. The summed E-state index contributed by atoms with van der Waals surface area (Å²) in [6.45, 7) is 3.97. The van der Waals surface area contributed by atoms with Crippen LogP contribution in [0, 0.1) is 6.92 Å². The SMILES string of the molecule is CCc1nn(CC(=O)O)c2cc(-c3ccc(C)cc3)ccc12. The van der Waals surface area contributed by atoms with E-state index in [2.05, 4.69) is 42.4 Å². The Kier molecular flexibility index (Phi) is 3.67. The van der Waals surface area contributed by atoms with Gasteiger partial charge < -0.3 is 5.11 Å². The number of fused-ring (bicyclic) bond motifs is 1. The van der Waals surface area contributed by atoms with E-state index in [0.717, 1.165) is 34.1 Å². The summed E-state index contributed by atoms with van der Waals surface area (Å²) >= 11 is 0. The number of rotatable bonds is 4. The molecule has 3 aromatic rings. The van der Waals surface area contributed by atoms with Crippen molar-refractivity contribution in [1.29, 1.82) is 0 Å². The average molecular weight is 294 g/mol. The molecule has 4 nitrogen and oxygen atoms in total. The lowest BCUT2D eigenvalue weighted by Gasteiger charge is -2.04. The number of benzene rings is 2. The zero-order chi connectivity index (χ0) is 15.7. The Morgan fingerprint density at radius 2 is 1.82 bits per heavy atom. The Morgan fingerprint density at radius 3 is 2.45 bits per heavy atom. The molecule has 4 heteroatoms. The summed E-state index contributed by atoms with van der Waals surface area (Å²) < 4.78 is 1.58. The molecule has 0 aliphatic rings. The van der Waals surface area contributed by atoms with Gasteiger partial charge in [0.2, 0.25) is 0 Å². The monoisotopic (exact) mass is 294 g/mol. The molecule has 0 spiro atoms. The molecule has 0 saturated carbocycles. The summed E-state index contributed by atoms with van der Waals surface area (Å²) in [4.78, 5) is 11.0. The number of carbonyl (C=O) groups is 1. The molecule has 3 rings (SSSR count). The lowest BCUT2D eigenvalue weighted by Crippen LogP contribution is -2.10. The van der Waals surface area contributed by atoms with Gasteiger partial charge in [-0.1, -0.05) is 48.9 Å². The van der Waals surface area contributed by atoms with E-state index >= 15 is 0 Å². The van der Waals surface area contributed by atoms with Crippen LogP contribution in [-0.4, -0.2) is 20.9 Å². The maximum absolute atomic E-state index is 11.0. The highest BCUT2D eigenvalue weighted by molar-refractivity contribution is 5.87. The summed E-state index contributed by atoms with van der Waals surface area (Å²) in [5.41, 5.74) is 5.22. The average Bonchev–Trinajstić information content (AvgIpc) is 2.84. The van der Waals surface area contributed by atoms with E-state index in [1.807, 2.05) is 19.1 Å². The Labute approximate surface area is 129 Å². The molecular weight excluding hydrogens is 276 g/mol. The molecule has 0 atom stereocenters. The van der Waals surface area contributed by atoms with Crippen LogP contribution >= 0.6 is 0 Å². The maximum atomic E-state index is 11.0. The first-order chi connectivity index (χ1) is 10.6. The molecular formula is C18H18N2O2. The van der Waals surface area contributed by atoms with Gasteiger partial charge >= 0.3 is 5.97 Å². The third-order valence-electron chi connectivity index (χ3n) is 3.83. The standard InChI is InChI=1S/C18H18N2O2/c1-3-16-15-9-8-14(13-6-4-12(2)5-7-13)10-17(15)20(19-16)11-18(21)22/h4-10H,3,11H2,1-2H3,(H,21,22).